The van der Waals surface area contributed by atoms with Gasteiger partial charge in [0.15, 0.2) is 5.96 Å². The van der Waals surface area contributed by atoms with Crippen molar-refractivity contribution in [1.82, 2.24) is 15.6 Å². The Bertz CT molecular complexity index is 705. The predicted molar refractivity (Wildman–Crippen MR) is 106 cm³/mol. The van der Waals surface area contributed by atoms with Gasteiger partial charge in [0, 0.05) is 32.5 Å². The van der Waals surface area contributed by atoms with Crippen molar-refractivity contribution >= 4 is 5.96 Å². The molecule has 146 valence electrons. The van der Waals surface area contributed by atoms with Crippen LogP contribution in [0.15, 0.2) is 47.6 Å². The zero-order valence-electron chi connectivity index (χ0n) is 16.2. The second kappa shape index (κ2) is 11.7. The van der Waals surface area contributed by atoms with Gasteiger partial charge >= 0.3 is 0 Å². The summed E-state index contributed by atoms with van der Waals surface area (Å²) < 4.78 is 16.4. The third-order valence-corrected chi connectivity index (χ3v) is 3.73. The van der Waals surface area contributed by atoms with Gasteiger partial charge in [-0.3, -0.25) is 4.99 Å². The van der Waals surface area contributed by atoms with Gasteiger partial charge in [0.2, 0.25) is 5.88 Å². The van der Waals surface area contributed by atoms with E-state index in [4.69, 9.17) is 14.2 Å². The summed E-state index contributed by atoms with van der Waals surface area (Å²) in [6.07, 6.45) is 1.71. The van der Waals surface area contributed by atoms with E-state index in [-0.39, 0.29) is 0 Å². The quantitative estimate of drug-likeness (QED) is 0.378. The van der Waals surface area contributed by atoms with Gasteiger partial charge in [-0.1, -0.05) is 23.8 Å². The first kappa shape index (κ1) is 20.5. The van der Waals surface area contributed by atoms with Gasteiger partial charge < -0.3 is 24.8 Å². The molecule has 7 nitrogen and oxygen atoms in total. The number of rotatable bonds is 10. The van der Waals surface area contributed by atoms with E-state index in [2.05, 4.69) is 27.5 Å². The number of hydrogen-bond donors (Lipinski definition) is 2. The standard InChI is InChI=1S/C20H28N4O3/c1-16-6-8-18(9-7-16)26-12-11-23-20(21-2)24-15-17-5-4-10-22-19(17)27-14-13-25-3/h4-10H,11-15H2,1-3H3,(H2,21,23,24). The van der Waals surface area contributed by atoms with Crippen molar-refractivity contribution in [3.05, 3.63) is 53.7 Å². The number of pyridine rings is 1. The van der Waals surface area contributed by atoms with Crippen LogP contribution in [-0.2, 0) is 11.3 Å². The third-order valence-electron chi connectivity index (χ3n) is 3.73. The van der Waals surface area contributed by atoms with E-state index < -0.39 is 0 Å². The Labute approximate surface area is 160 Å². The van der Waals surface area contributed by atoms with Crippen LogP contribution >= 0.6 is 0 Å². The summed E-state index contributed by atoms with van der Waals surface area (Å²) in [5, 5.41) is 6.48. The van der Waals surface area contributed by atoms with Crippen molar-refractivity contribution in [3.63, 3.8) is 0 Å². The number of methoxy groups -OCH3 is 1. The van der Waals surface area contributed by atoms with Crippen molar-refractivity contribution in [1.29, 1.82) is 0 Å². The Morgan fingerprint density at radius 3 is 2.59 bits per heavy atom. The molecular weight excluding hydrogens is 344 g/mol. The minimum Gasteiger partial charge on any atom is -0.492 e. The summed E-state index contributed by atoms with van der Waals surface area (Å²) in [7, 11) is 3.37. The topological polar surface area (TPSA) is 77.0 Å². The van der Waals surface area contributed by atoms with Gasteiger partial charge in [0.05, 0.1) is 13.2 Å². The molecule has 0 fully saturated rings. The van der Waals surface area contributed by atoms with Crippen LogP contribution in [-0.4, -0.2) is 51.5 Å². The zero-order chi connectivity index (χ0) is 19.3. The fourth-order valence-electron chi connectivity index (χ4n) is 2.28. The molecule has 0 radical (unpaired) electrons. The second-order valence-corrected chi connectivity index (χ2v) is 5.82. The molecular formula is C20H28N4O3. The van der Waals surface area contributed by atoms with Crippen LogP contribution in [0, 0.1) is 6.92 Å². The molecule has 0 amide bonds. The van der Waals surface area contributed by atoms with Crippen LogP contribution in [0.1, 0.15) is 11.1 Å². The summed E-state index contributed by atoms with van der Waals surface area (Å²) in [6, 6.07) is 11.8. The normalized spacial score (nSPS) is 11.1. The average Bonchev–Trinajstić information content (AvgIpc) is 2.70. The number of aryl methyl sites for hydroxylation is 1. The highest BCUT2D eigenvalue weighted by Crippen LogP contribution is 2.14. The number of benzene rings is 1. The second-order valence-electron chi connectivity index (χ2n) is 5.82. The van der Waals surface area contributed by atoms with Crippen LogP contribution in [0.4, 0.5) is 0 Å². The van der Waals surface area contributed by atoms with Gasteiger partial charge in [0.1, 0.15) is 19.0 Å². The molecule has 0 atom stereocenters. The molecule has 1 aromatic heterocycles. The summed E-state index contributed by atoms with van der Waals surface area (Å²) in [5.74, 6) is 2.15. The molecule has 7 heteroatoms. The van der Waals surface area contributed by atoms with E-state index in [0.29, 0.717) is 44.7 Å². The summed E-state index contributed by atoms with van der Waals surface area (Å²) >= 11 is 0. The Morgan fingerprint density at radius 2 is 1.85 bits per heavy atom. The van der Waals surface area contributed by atoms with Crippen LogP contribution < -0.4 is 20.1 Å². The van der Waals surface area contributed by atoms with Crippen molar-refractivity contribution in [2.24, 2.45) is 4.99 Å². The van der Waals surface area contributed by atoms with Gasteiger partial charge in [-0.2, -0.15) is 0 Å². The lowest BCUT2D eigenvalue weighted by molar-refractivity contribution is 0.143. The van der Waals surface area contributed by atoms with E-state index in [9.17, 15) is 0 Å². The lowest BCUT2D eigenvalue weighted by atomic mass is 10.2. The van der Waals surface area contributed by atoms with Crippen LogP contribution in [0.25, 0.3) is 0 Å². The average molecular weight is 372 g/mol. The molecule has 0 spiro atoms. The minimum absolute atomic E-state index is 0.462. The monoisotopic (exact) mass is 372 g/mol. The molecule has 0 aliphatic carbocycles. The van der Waals surface area contributed by atoms with Crippen LogP contribution in [0.2, 0.25) is 0 Å². The van der Waals surface area contributed by atoms with Crippen LogP contribution in [0.3, 0.4) is 0 Å². The highest BCUT2D eigenvalue weighted by Gasteiger charge is 2.06. The molecule has 0 saturated heterocycles. The number of hydrogen-bond acceptors (Lipinski definition) is 5. The molecule has 0 aliphatic heterocycles. The Hall–Kier alpha value is -2.80. The molecule has 1 heterocycles. The van der Waals surface area contributed by atoms with E-state index >= 15 is 0 Å². The van der Waals surface area contributed by atoms with Gasteiger partial charge in [-0.25, -0.2) is 4.98 Å². The molecule has 0 unspecified atom stereocenters. The maximum absolute atomic E-state index is 5.71. The van der Waals surface area contributed by atoms with E-state index in [0.717, 1.165) is 11.3 Å². The molecule has 0 aliphatic rings. The number of ether oxygens (including phenoxy) is 3. The van der Waals surface area contributed by atoms with Crippen molar-refractivity contribution in [2.75, 3.05) is 40.5 Å². The molecule has 2 N–H and O–H groups in total. The fourth-order valence-corrected chi connectivity index (χ4v) is 2.28. The Kier molecular flexibility index (Phi) is 8.92. The number of guanidine groups is 1. The summed E-state index contributed by atoms with van der Waals surface area (Å²) in [6.45, 7) is 4.77. The first-order valence-electron chi connectivity index (χ1n) is 8.92. The third kappa shape index (κ3) is 7.53. The Balaban J connectivity index is 1.74. The Morgan fingerprint density at radius 1 is 1.04 bits per heavy atom. The molecule has 1 aromatic carbocycles. The number of aromatic nitrogens is 1. The number of nitrogens with zero attached hydrogens (tertiary/aromatic N) is 2. The predicted octanol–water partition coefficient (Wildman–Crippen LogP) is 2.16. The zero-order valence-corrected chi connectivity index (χ0v) is 16.2. The lowest BCUT2D eigenvalue weighted by Crippen LogP contribution is -2.39. The smallest absolute Gasteiger partial charge is 0.218 e. The van der Waals surface area contributed by atoms with E-state index in [1.807, 2.05) is 36.4 Å². The molecule has 2 aromatic rings. The number of aliphatic imine (C=N–C) groups is 1. The van der Waals surface area contributed by atoms with Crippen molar-refractivity contribution in [2.45, 2.75) is 13.5 Å². The maximum atomic E-state index is 5.71. The highest BCUT2D eigenvalue weighted by atomic mass is 16.5. The summed E-state index contributed by atoms with van der Waals surface area (Å²) in [5.41, 5.74) is 2.17. The number of nitrogens with one attached hydrogen (secondary N) is 2. The summed E-state index contributed by atoms with van der Waals surface area (Å²) in [4.78, 5) is 8.49. The van der Waals surface area contributed by atoms with Gasteiger partial charge in [0.25, 0.3) is 0 Å². The molecule has 27 heavy (non-hydrogen) atoms. The molecule has 0 saturated carbocycles. The maximum Gasteiger partial charge on any atom is 0.218 e. The van der Waals surface area contributed by atoms with Gasteiger partial charge in [-0.15, -0.1) is 0 Å². The highest BCUT2D eigenvalue weighted by molar-refractivity contribution is 5.79. The van der Waals surface area contributed by atoms with Gasteiger partial charge in [-0.05, 0) is 25.1 Å². The fraction of sp³-hybridized carbons (Fsp3) is 0.400. The molecule has 2 rings (SSSR count). The first-order valence-corrected chi connectivity index (χ1v) is 8.92. The van der Waals surface area contributed by atoms with E-state index in [1.54, 1.807) is 20.4 Å². The largest absolute Gasteiger partial charge is 0.492 e. The first-order chi connectivity index (χ1) is 13.2. The SMILES string of the molecule is CN=C(NCCOc1ccc(C)cc1)NCc1cccnc1OCCOC. The molecule has 0 bridgehead atoms. The minimum atomic E-state index is 0.462. The van der Waals surface area contributed by atoms with Crippen molar-refractivity contribution in [3.8, 4) is 11.6 Å². The van der Waals surface area contributed by atoms with E-state index in [1.165, 1.54) is 5.56 Å². The lowest BCUT2D eigenvalue weighted by Gasteiger charge is -2.14. The van der Waals surface area contributed by atoms with Crippen molar-refractivity contribution < 1.29 is 14.2 Å². The van der Waals surface area contributed by atoms with Crippen LogP contribution in [0.5, 0.6) is 11.6 Å².